The summed E-state index contributed by atoms with van der Waals surface area (Å²) in [6.45, 7) is 2.90. The van der Waals surface area contributed by atoms with Crippen LogP contribution < -0.4 is 4.74 Å². The third kappa shape index (κ3) is 2.19. The molecule has 2 heteroatoms. The second-order valence-corrected chi connectivity index (χ2v) is 3.90. The Balaban J connectivity index is 2.07. The van der Waals surface area contributed by atoms with Crippen molar-refractivity contribution in [2.24, 2.45) is 5.92 Å². The maximum atomic E-state index is 9.33. The molecule has 0 aliphatic heterocycles. The van der Waals surface area contributed by atoms with Crippen LogP contribution in [0.25, 0.3) is 0 Å². The van der Waals surface area contributed by atoms with Gasteiger partial charge in [-0.3, -0.25) is 0 Å². The zero-order chi connectivity index (χ0) is 9.97. The summed E-state index contributed by atoms with van der Waals surface area (Å²) in [6.07, 6.45) is 3.53. The summed E-state index contributed by atoms with van der Waals surface area (Å²) in [6, 6.07) is 5.35. The van der Waals surface area contributed by atoms with E-state index >= 15 is 0 Å². The van der Waals surface area contributed by atoms with E-state index in [4.69, 9.17) is 4.74 Å². The molecule has 1 saturated carbocycles. The van der Waals surface area contributed by atoms with Crippen molar-refractivity contribution in [3.05, 3.63) is 23.8 Å². The number of benzene rings is 1. The first-order chi connectivity index (χ1) is 6.79. The van der Waals surface area contributed by atoms with Crippen molar-refractivity contribution in [1.29, 1.82) is 0 Å². The predicted molar refractivity (Wildman–Crippen MR) is 55.7 cm³/mol. The third-order valence-electron chi connectivity index (χ3n) is 2.60. The van der Waals surface area contributed by atoms with Crippen LogP contribution in [0, 0.1) is 5.92 Å². The van der Waals surface area contributed by atoms with Crippen LogP contribution in [0.2, 0.25) is 0 Å². The highest BCUT2D eigenvalue weighted by molar-refractivity contribution is 5.40. The van der Waals surface area contributed by atoms with E-state index in [1.165, 1.54) is 18.4 Å². The van der Waals surface area contributed by atoms with Gasteiger partial charge in [0.05, 0.1) is 6.61 Å². The largest absolute Gasteiger partial charge is 0.508 e. The van der Waals surface area contributed by atoms with E-state index in [1.807, 2.05) is 6.07 Å². The predicted octanol–water partition coefficient (Wildman–Crippen LogP) is 2.74. The van der Waals surface area contributed by atoms with Crippen LogP contribution in [0.4, 0.5) is 0 Å². The molecule has 0 unspecified atom stereocenters. The summed E-state index contributed by atoms with van der Waals surface area (Å²) < 4.78 is 5.67. The molecule has 2 nitrogen and oxygen atoms in total. The summed E-state index contributed by atoms with van der Waals surface area (Å²) in [5, 5.41) is 9.33. The Kier molecular flexibility index (Phi) is 2.62. The molecular weight excluding hydrogens is 176 g/mol. The van der Waals surface area contributed by atoms with Crippen LogP contribution in [0.15, 0.2) is 18.2 Å². The van der Waals surface area contributed by atoms with Gasteiger partial charge >= 0.3 is 0 Å². The number of phenols is 1. The summed E-state index contributed by atoms with van der Waals surface area (Å²) in [5.41, 5.74) is 1.17. The molecule has 0 heterocycles. The molecule has 14 heavy (non-hydrogen) atoms. The standard InChI is InChI=1S/C12H16O2/c1-2-10-5-6-11(13)7-12(10)14-8-9-3-4-9/h5-7,9,13H,2-4,8H2,1H3. The minimum Gasteiger partial charge on any atom is -0.508 e. The number of phenolic OH excluding ortho intramolecular Hbond substituents is 1. The maximum Gasteiger partial charge on any atom is 0.126 e. The van der Waals surface area contributed by atoms with Gasteiger partial charge in [-0.05, 0) is 36.8 Å². The number of aryl methyl sites for hydroxylation is 1. The first-order valence-corrected chi connectivity index (χ1v) is 5.24. The molecule has 2 rings (SSSR count). The zero-order valence-corrected chi connectivity index (χ0v) is 8.49. The van der Waals surface area contributed by atoms with Gasteiger partial charge in [0.15, 0.2) is 0 Å². The molecule has 0 atom stereocenters. The highest BCUT2D eigenvalue weighted by Crippen LogP contribution is 2.31. The molecule has 0 spiro atoms. The van der Waals surface area contributed by atoms with Gasteiger partial charge in [-0.15, -0.1) is 0 Å². The Morgan fingerprint density at radius 3 is 2.86 bits per heavy atom. The second kappa shape index (κ2) is 3.91. The quantitative estimate of drug-likeness (QED) is 0.794. The molecule has 0 aromatic heterocycles. The zero-order valence-electron chi connectivity index (χ0n) is 8.49. The molecule has 1 aromatic carbocycles. The Morgan fingerprint density at radius 1 is 1.43 bits per heavy atom. The fraction of sp³-hybridized carbons (Fsp3) is 0.500. The van der Waals surface area contributed by atoms with E-state index in [0.29, 0.717) is 0 Å². The van der Waals surface area contributed by atoms with Crippen LogP contribution in [0.5, 0.6) is 11.5 Å². The van der Waals surface area contributed by atoms with Crippen LogP contribution in [0.1, 0.15) is 25.3 Å². The van der Waals surface area contributed by atoms with Gasteiger partial charge in [0.1, 0.15) is 11.5 Å². The lowest BCUT2D eigenvalue weighted by molar-refractivity contribution is 0.295. The van der Waals surface area contributed by atoms with Crippen LogP contribution in [-0.2, 0) is 6.42 Å². The molecule has 0 amide bonds. The van der Waals surface area contributed by atoms with E-state index in [-0.39, 0.29) is 5.75 Å². The average Bonchev–Trinajstić information content (AvgIpc) is 2.98. The lowest BCUT2D eigenvalue weighted by atomic mass is 10.1. The van der Waals surface area contributed by atoms with Crippen LogP contribution in [-0.4, -0.2) is 11.7 Å². The number of hydrogen-bond donors (Lipinski definition) is 1. The fourth-order valence-corrected chi connectivity index (χ4v) is 1.46. The van der Waals surface area contributed by atoms with Crippen molar-refractivity contribution in [3.8, 4) is 11.5 Å². The maximum absolute atomic E-state index is 9.33. The minimum absolute atomic E-state index is 0.285. The van der Waals surface area contributed by atoms with E-state index in [9.17, 15) is 5.11 Å². The first-order valence-electron chi connectivity index (χ1n) is 5.24. The summed E-state index contributed by atoms with van der Waals surface area (Å²) in [4.78, 5) is 0. The van der Waals surface area contributed by atoms with E-state index in [2.05, 4.69) is 6.92 Å². The molecule has 1 fully saturated rings. The molecule has 76 valence electrons. The highest BCUT2D eigenvalue weighted by Gasteiger charge is 2.22. The summed E-state index contributed by atoms with van der Waals surface area (Å²) in [7, 11) is 0. The summed E-state index contributed by atoms with van der Waals surface area (Å²) >= 11 is 0. The minimum atomic E-state index is 0.285. The number of hydrogen-bond acceptors (Lipinski definition) is 2. The van der Waals surface area contributed by atoms with Gasteiger partial charge in [0.2, 0.25) is 0 Å². The molecule has 0 saturated heterocycles. The molecule has 1 aromatic rings. The van der Waals surface area contributed by atoms with Gasteiger partial charge in [-0.2, -0.15) is 0 Å². The summed E-state index contributed by atoms with van der Waals surface area (Å²) in [5.74, 6) is 1.88. The average molecular weight is 192 g/mol. The second-order valence-electron chi connectivity index (χ2n) is 3.90. The van der Waals surface area contributed by atoms with Crippen LogP contribution >= 0.6 is 0 Å². The van der Waals surface area contributed by atoms with Crippen molar-refractivity contribution in [2.45, 2.75) is 26.2 Å². The smallest absolute Gasteiger partial charge is 0.126 e. The van der Waals surface area contributed by atoms with Crippen LogP contribution in [0.3, 0.4) is 0 Å². The molecule has 0 bridgehead atoms. The topological polar surface area (TPSA) is 29.5 Å². The Morgan fingerprint density at radius 2 is 2.21 bits per heavy atom. The lowest BCUT2D eigenvalue weighted by Gasteiger charge is -2.10. The van der Waals surface area contributed by atoms with E-state index in [0.717, 1.165) is 24.7 Å². The molecule has 0 radical (unpaired) electrons. The van der Waals surface area contributed by atoms with Crippen molar-refractivity contribution in [3.63, 3.8) is 0 Å². The van der Waals surface area contributed by atoms with Gasteiger partial charge in [-0.25, -0.2) is 0 Å². The molecule has 1 N–H and O–H groups in total. The van der Waals surface area contributed by atoms with Crippen molar-refractivity contribution in [2.75, 3.05) is 6.61 Å². The Hall–Kier alpha value is -1.18. The highest BCUT2D eigenvalue weighted by atomic mass is 16.5. The Labute approximate surface area is 84.5 Å². The monoisotopic (exact) mass is 192 g/mol. The molecule has 1 aliphatic rings. The van der Waals surface area contributed by atoms with Crippen molar-refractivity contribution in [1.82, 2.24) is 0 Å². The van der Waals surface area contributed by atoms with Crippen molar-refractivity contribution < 1.29 is 9.84 Å². The van der Waals surface area contributed by atoms with Gasteiger partial charge in [-0.1, -0.05) is 13.0 Å². The van der Waals surface area contributed by atoms with Crippen molar-refractivity contribution >= 4 is 0 Å². The molecular formula is C12H16O2. The van der Waals surface area contributed by atoms with E-state index < -0.39 is 0 Å². The fourth-order valence-electron chi connectivity index (χ4n) is 1.46. The third-order valence-corrected chi connectivity index (χ3v) is 2.60. The molecule has 1 aliphatic carbocycles. The Bertz CT molecular complexity index is 316. The number of rotatable bonds is 4. The number of ether oxygens (including phenoxy) is 1. The number of aromatic hydroxyl groups is 1. The SMILES string of the molecule is CCc1ccc(O)cc1OCC1CC1. The normalized spacial score (nSPS) is 15.5. The van der Waals surface area contributed by atoms with Gasteiger partial charge < -0.3 is 9.84 Å². The van der Waals surface area contributed by atoms with E-state index in [1.54, 1.807) is 12.1 Å². The van der Waals surface area contributed by atoms with Gasteiger partial charge in [0, 0.05) is 6.07 Å². The first kappa shape index (κ1) is 9.38. The van der Waals surface area contributed by atoms with Gasteiger partial charge in [0.25, 0.3) is 0 Å². The lowest BCUT2D eigenvalue weighted by Crippen LogP contribution is -2.01.